The number of hydrogen-bond donors (Lipinski definition) is 1. The molecule has 3 rings (SSSR count). The molecule has 122 valence electrons. The van der Waals surface area contributed by atoms with Gasteiger partial charge in [-0.05, 0) is 42.5 Å². The van der Waals surface area contributed by atoms with Gasteiger partial charge in [0.15, 0.2) is 5.13 Å². The molecule has 0 spiro atoms. The van der Waals surface area contributed by atoms with Crippen molar-refractivity contribution in [3.05, 3.63) is 63.5 Å². The lowest BCUT2D eigenvalue weighted by Crippen LogP contribution is -2.12. The Bertz CT molecular complexity index is 879. The summed E-state index contributed by atoms with van der Waals surface area (Å²) in [5.41, 5.74) is 2.07. The van der Waals surface area contributed by atoms with E-state index in [2.05, 4.69) is 10.3 Å². The van der Waals surface area contributed by atoms with Crippen molar-refractivity contribution in [2.75, 3.05) is 12.4 Å². The summed E-state index contributed by atoms with van der Waals surface area (Å²) in [4.78, 5) is 16.7. The van der Waals surface area contributed by atoms with Crippen LogP contribution in [-0.2, 0) is 0 Å². The fraction of sp³-hybridized carbons (Fsp3) is 0.0588. The van der Waals surface area contributed by atoms with Crippen molar-refractivity contribution in [1.29, 1.82) is 0 Å². The van der Waals surface area contributed by atoms with Crippen LogP contribution in [0.15, 0.2) is 47.8 Å². The Morgan fingerprint density at radius 1 is 1.17 bits per heavy atom. The molecule has 2 aromatic carbocycles. The first-order valence-corrected chi connectivity index (χ1v) is 8.57. The molecule has 0 bridgehead atoms. The van der Waals surface area contributed by atoms with Gasteiger partial charge in [-0.2, -0.15) is 0 Å². The van der Waals surface area contributed by atoms with Gasteiger partial charge < -0.3 is 4.74 Å². The first-order chi connectivity index (χ1) is 11.6. The second kappa shape index (κ2) is 7.21. The minimum atomic E-state index is -0.327. The zero-order chi connectivity index (χ0) is 17.1. The largest absolute Gasteiger partial charge is 0.497 e. The Balaban J connectivity index is 1.76. The van der Waals surface area contributed by atoms with E-state index in [1.807, 2.05) is 29.6 Å². The first-order valence-electron chi connectivity index (χ1n) is 6.93. The molecule has 4 nitrogen and oxygen atoms in total. The maximum Gasteiger partial charge on any atom is 0.258 e. The van der Waals surface area contributed by atoms with Crippen molar-refractivity contribution in [1.82, 2.24) is 4.98 Å². The van der Waals surface area contributed by atoms with E-state index in [0.29, 0.717) is 20.7 Å². The second-order valence-corrected chi connectivity index (χ2v) is 6.55. The predicted octanol–water partition coefficient (Wildman–Crippen LogP) is 5.38. The third-order valence-electron chi connectivity index (χ3n) is 3.29. The average molecular weight is 379 g/mol. The number of nitrogens with one attached hydrogen (secondary N) is 1. The second-order valence-electron chi connectivity index (χ2n) is 4.84. The molecule has 0 fully saturated rings. The molecule has 24 heavy (non-hydrogen) atoms. The van der Waals surface area contributed by atoms with Crippen molar-refractivity contribution in [2.45, 2.75) is 0 Å². The third-order valence-corrected chi connectivity index (χ3v) is 4.59. The molecule has 3 aromatic rings. The minimum Gasteiger partial charge on any atom is -0.497 e. The van der Waals surface area contributed by atoms with Crippen molar-refractivity contribution in [3.63, 3.8) is 0 Å². The Morgan fingerprint density at radius 3 is 2.58 bits per heavy atom. The molecule has 0 saturated heterocycles. The summed E-state index contributed by atoms with van der Waals surface area (Å²) in [7, 11) is 1.62. The number of aromatic nitrogens is 1. The van der Waals surface area contributed by atoms with Gasteiger partial charge in [-0.1, -0.05) is 23.2 Å². The summed E-state index contributed by atoms with van der Waals surface area (Å²) in [5, 5.41) is 5.90. The van der Waals surface area contributed by atoms with Crippen LogP contribution in [0.2, 0.25) is 10.0 Å². The number of thiazole rings is 1. The topological polar surface area (TPSA) is 51.2 Å². The normalized spacial score (nSPS) is 10.5. The van der Waals surface area contributed by atoms with Gasteiger partial charge in [-0.25, -0.2) is 4.98 Å². The van der Waals surface area contributed by atoms with E-state index in [-0.39, 0.29) is 5.91 Å². The van der Waals surface area contributed by atoms with Crippen LogP contribution in [0.1, 0.15) is 10.4 Å². The average Bonchev–Trinajstić information content (AvgIpc) is 3.03. The summed E-state index contributed by atoms with van der Waals surface area (Å²) >= 11 is 13.2. The highest BCUT2D eigenvalue weighted by Crippen LogP contribution is 2.27. The molecule has 0 aliphatic heterocycles. The lowest BCUT2D eigenvalue weighted by atomic mass is 10.2. The van der Waals surface area contributed by atoms with Crippen molar-refractivity contribution in [2.24, 2.45) is 0 Å². The van der Waals surface area contributed by atoms with Gasteiger partial charge >= 0.3 is 0 Å². The number of amides is 1. The molecule has 0 radical (unpaired) electrons. The number of benzene rings is 2. The Morgan fingerprint density at radius 2 is 1.92 bits per heavy atom. The van der Waals surface area contributed by atoms with Crippen LogP contribution in [0.5, 0.6) is 5.75 Å². The Hall–Kier alpha value is -2.08. The van der Waals surface area contributed by atoms with E-state index in [4.69, 9.17) is 27.9 Å². The molecule has 0 unspecified atom stereocenters. The van der Waals surface area contributed by atoms with Crippen LogP contribution in [0.4, 0.5) is 5.13 Å². The minimum absolute atomic E-state index is 0.298. The maximum absolute atomic E-state index is 12.3. The van der Waals surface area contributed by atoms with Gasteiger partial charge in [0, 0.05) is 16.0 Å². The molecule has 0 atom stereocenters. The van der Waals surface area contributed by atoms with E-state index in [0.717, 1.165) is 17.0 Å². The highest BCUT2D eigenvalue weighted by molar-refractivity contribution is 7.14. The van der Waals surface area contributed by atoms with Crippen LogP contribution in [0.3, 0.4) is 0 Å². The number of anilines is 1. The van der Waals surface area contributed by atoms with Gasteiger partial charge in [0.05, 0.1) is 23.4 Å². The van der Waals surface area contributed by atoms with Crippen LogP contribution in [0, 0.1) is 0 Å². The lowest BCUT2D eigenvalue weighted by Gasteiger charge is -2.04. The number of methoxy groups -OCH3 is 1. The molecular formula is C17H12Cl2N2O2S. The molecule has 1 heterocycles. The zero-order valence-electron chi connectivity index (χ0n) is 12.5. The molecular weight excluding hydrogens is 367 g/mol. The van der Waals surface area contributed by atoms with Crippen molar-refractivity contribution in [3.8, 4) is 17.0 Å². The van der Waals surface area contributed by atoms with Crippen LogP contribution in [-0.4, -0.2) is 18.0 Å². The summed E-state index contributed by atoms with van der Waals surface area (Å²) in [6, 6.07) is 12.3. The fourth-order valence-electron chi connectivity index (χ4n) is 2.06. The van der Waals surface area contributed by atoms with Gasteiger partial charge in [-0.3, -0.25) is 10.1 Å². The van der Waals surface area contributed by atoms with Crippen molar-refractivity contribution >= 4 is 45.6 Å². The SMILES string of the molecule is COc1ccc(-c2csc(NC(=O)c3ccc(Cl)cc3Cl)n2)cc1. The first kappa shape index (κ1) is 16.8. The summed E-state index contributed by atoms with van der Waals surface area (Å²) in [6.45, 7) is 0. The van der Waals surface area contributed by atoms with Crippen LogP contribution < -0.4 is 10.1 Å². The van der Waals surface area contributed by atoms with E-state index >= 15 is 0 Å². The summed E-state index contributed by atoms with van der Waals surface area (Å²) in [6.07, 6.45) is 0. The number of carbonyl (C=O) groups is 1. The van der Waals surface area contributed by atoms with Crippen molar-refractivity contribution < 1.29 is 9.53 Å². The zero-order valence-corrected chi connectivity index (χ0v) is 14.9. The highest BCUT2D eigenvalue weighted by atomic mass is 35.5. The smallest absolute Gasteiger partial charge is 0.258 e. The fourth-order valence-corrected chi connectivity index (χ4v) is 3.27. The number of hydrogen-bond acceptors (Lipinski definition) is 4. The summed E-state index contributed by atoms with van der Waals surface area (Å²) in [5.74, 6) is 0.451. The maximum atomic E-state index is 12.3. The number of nitrogens with zero attached hydrogens (tertiary/aromatic N) is 1. The third kappa shape index (κ3) is 3.70. The molecule has 1 aromatic heterocycles. The monoisotopic (exact) mass is 378 g/mol. The highest BCUT2D eigenvalue weighted by Gasteiger charge is 2.13. The molecule has 1 amide bonds. The molecule has 0 saturated carbocycles. The number of rotatable bonds is 4. The Labute approximate surface area is 153 Å². The molecule has 7 heteroatoms. The lowest BCUT2D eigenvalue weighted by molar-refractivity contribution is 0.102. The standard InChI is InChI=1S/C17H12Cl2N2O2S/c1-23-12-5-2-10(3-6-12)15-9-24-17(20-15)21-16(22)13-7-4-11(18)8-14(13)19/h2-9H,1H3,(H,20,21,22). The number of carbonyl (C=O) groups excluding carboxylic acids is 1. The van der Waals surface area contributed by atoms with E-state index in [9.17, 15) is 4.79 Å². The van der Waals surface area contributed by atoms with Crippen LogP contribution in [0.25, 0.3) is 11.3 Å². The van der Waals surface area contributed by atoms with Gasteiger partial charge in [-0.15, -0.1) is 11.3 Å². The van der Waals surface area contributed by atoms with Gasteiger partial charge in [0.1, 0.15) is 5.75 Å². The Kier molecular flexibility index (Phi) is 5.04. The van der Waals surface area contributed by atoms with Gasteiger partial charge in [0.2, 0.25) is 0 Å². The number of halogens is 2. The van der Waals surface area contributed by atoms with E-state index < -0.39 is 0 Å². The molecule has 0 aliphatic rings. The molecule has 1 N–H and O–H groups in total. The van der Waals surface area contributed by atoms with E-state index in [1.54, 1.807) is 19.2 Å². The van der Waals surface area contributed by atoms with E-state index in [1.165, 1.54) is 17.4 Å². The number of ether oxygens (including phenoxy) is 1. The van der Waals surface area contributed by atoms with Gasteiger partial charge in [0.25, 0.3) is 5.91 Å². The quantitative estimate of drug-likeness (QED) is 0.662. The van der Waals surface area contributed by atoms with Crippen LogP contribution >= 0.6 is 34.5 Å². The summed E-state index contributed by atoms with van der Waals surface area (Å²) < 4.78 is 5.13. The predicted molar refractivity (Wildman–Crippen MR) is 98.5 cm³/mol. The molecule has 0 aliphatic carbocycles.